The van der Waals surface area contributed by atoms with Crippen LogP contribution in [0.15, 0.2) is 24.3 Å². The number of aliphatic carboxylic acids is 1. The summed E-state index contributed by atoms with van der Waals surface area (Å²) in [5, 5.41) is 8.97. The van der Waals surface area contributed by atoms with Gasteiger partial charge < -0.3 is 14.9 Å². The zero-order valence-electron chi connectivity index (χ0n) is 12.1. The van der Waals surface area contributed by atoms with Crippen molar-refractivity contribution in [3.8, 4) is 0 Å². The van der Waals surface area contributed by atoms with Crippen LogP contribution in [0.2, 0.25) is 0 Å². The lowest BCUT2D eigenvalue weighted by Gasteiger charge is -2.17. The van der Waals surface area contributed by atoms with E-state index in [0.717, 1.165) is 0 Å². The molecule has 2 amide bonds. The quantitative estimate of drug-likeness (QED) is 0.898. The Kier molecular flexibility index (Phi) is 4.26. The molecule has 0 saturated carbocycles. The Bertz CT molecular complexity index is 583. The van der Waals surface area contributed by atoms with Crippen molar-refractivity contribution in [2.75, 3.05) is 27.2 Å². The van der Waals surface area contributed by atoms with Crippen LogP contribution < -0.4 is 0 Å². The molecule has 1 aromatic rings. The van der Waals surface area contributed by atoms with E-state index in [9.17, 15) is 14.4 Å². The van der Waals surface area contributed by atoms with Crippen molar-refractivity contribution >= 4 is 17.8 Å². The summed E-state index contributed by atoms with van der Waals surface area (Å²) < 4.78 is 0. The van der Waals surface area contributed by atoms with E-state index in [4.69, 9.17) is 5.11 Å². The summed E-state index contributed by atoms with van der Waals surface area (Å²) in [7, 11) is 3.30. The molecule has 0 spiro atoms. The molecule has 1 unspecified atom stereocenters. The van der Waals surface area contributed by atoms with Crippen LogP contribution in [-0.2, 0) is 4.79 Å². The van der Waals surface area contributed by atoms with Gasteiger partial charge in [0.05, 0.1) is 5.92 Å². The second-order valence-electron chi connectivity index (χ2n) is 5.36. The van der Waals surface area contributed by atoms with E-state index in [1.807, 2.05) is 0 Å². The van der Waals surface area contributed by atoms with Crippen LogP contribution in [0.25, 0.3) is 0 Å². The maximum absolute atomic E-state index is 12.4. The molecule has 6 heteroatoms. The van der Waals surface area contributed by atoms with Crippen molar-refractivity contribution in [3.63, 3.8) is 0 Å². The number of benzene rings is 1. The molecule has 1 aliphatic rings. The summed E-state index contributed by atoms with van der Waals surface area (Å²) in [5.41, 5.74) is 0.855. The zero-order valence-corrected chi connectivity index (χ0v) is 12.1. The lowest BCUT2D eigenvalue weighted by Crippen LogP contribution is -2.30. The number of carbonyl (C=O) groups is 3. The maximum atomic E-state index is 12.4. The minimum atomic E-state index is -0.873. The van der Waals surface area contributed by atoms with Crippen molar-refractivity contribution in [2.24, 2.45) is 5.92 Å². The van der Waals surface area contributed by atoms with Crippen LogP contribution in [-0.4, -0.2) is 59.9 Å². The van der Waals surface area contributed by atoms with E-state index < -0.39 is 11.9 Å². The van der Waals surface area contributed by atoms with E-state index >= 15 is 0 Å². The summed E-state index contributed by atoms with van der Waals surface area (Å²) >= 11 is 0. The second kappa shape index (κ2) is 5.95. The number of amides is 2. The molecule has 1 heterocycles. The second-order valence-corrected chi connectivity index (χ2v) is 5.36. The smallest absolute Gasteiger partial charge is 0.308 e. The summed E-state index contributed by atoms with van der Waals surface area (Å²) in [5.74, 6) is -1.77. The molecule has 0 aliphatic carbocycles. The number of rotatable bonds is 3. The lowest BCUT2D eigenvalue weighted by atomic mass is 10.1. The van der Waals surface area contributed by atoms with Crippen molar-refractivity contribution in [3.05, 3.63) is 35.4 Å². The van der Waals surface area contributed by atoms with Gasteiger partial charge in [-0.05, 0) is 24.6 Å². The van der Waals surface area contributed by atoms with Gasteiger partial charge in [-0.1, -0.05) is 6.07 Å². The van der Waals surface area contributed by atoms with Gasteiger partial charge in [-0.2, -0.15) is 0 Å². The van der Waals surface area contributed by atoms with Gasteiger partial charge in [-0.25, -0.2) is 0 Å². The molecule has 1 aromatic carbocycles. The largest absolute Gasteiger partial charge is 0.481 e. The van der Waals surface area contributed by atoms with E-state index in [1.54, 1.807) is 38.4 Å². The van der Waals surface area contributed by atoms with E-state index in [0.29, 0.717) is 24.1 Å². The Morgan fingerprint density at radius 1 is 1.24 bits per heavy atom. The van der Waals surface area contributed by atoms with Crippen LogP contribution in [0.3, 0.4) is 0 Å². The predicted molar refractivity (Wildman–Crippen MR) is 76.1 cm³/mol. The Morgan fingerprint density at radius 2 is 1.90 bits per heavy atom. The molecule has 1 atom stereocenters. The molecule has 1 aliphatic heterocycles. The van der Waals surface area contributed by atoms with E-state index in [2.05, 4.69) is 0 Å². The first-order valence-corrected chi connectivity index (χ1v) is 6.74. The van der Waals surface area contributed by atoms with Crippen molar-refractivity contribution in [1.82, 2.24) is 9.80 Å². The van der Waals surface area contributed by atoms with Gasteiger partial charge >= 0.3 is 5.97 Å². The van der Waals surface area contributed by atoms with E-state index in [-0.39, 0.29) is 18.4 Å². The third-order valence-corrected chi connectivity index (χ3v) is 3.59. The summed E-state index contributed by atoms with van der Waals surface area (Å²) in [6.07, 6.45) is 0.470. The number of hydrogen-bond donors (Lipinski definition) is 1. The van der Waals surface area contributed by atoms with Gasteiger partial charge in [0.2, 0.25) is 0 Å². The number of carboxylic acids is 1. The Labute approximate surface area is 123 Å². The monoisotopic (exact) mass is 290 g/mol. The zero-order chi connectivity index (χ0) is 15.6. The average molecular weight is 290 g/mol. The minimum Gasteiger partial charge on any atom is -0.481 e. The first-order valence-electron chi connectivity index (χ1n) is 6.74. The number of nitrogens with zero attached hydrogens (tertiary/aromatic N) is 2. The molecule has 2 rings (SSSR count). The number of hydrogen-bond acceptors (Lipinski definition) is 3. The molecule has 21 heavy (non-hydrogen) atoms. The minimum absolute atomic E-state index is 0.172. The fraction of sp³-hybridized carbons (Fsp3) is 0.400. The Hall–Kier alpha value is -2.37. The SMILES string of the molecule is CN(C)C(=O)c1cccc(C(=O)N2CCC(C(=O)O)C2)c1. The molecule has 0 aromatic heterocycles. The highest BCUT2D eigenvalue weighted by atomic mass is 16.4. The fourth-order valence-corrected chi connectivity index (χ4v) is 2.37. The van der Waals surface area contributed by atoms with Gasteiger partial charge in [-0.3, -0.25) is 14.4 Å². The summed E-state index contributed by atoms with van der Waals surface area (Å²) in [4.78, 5) is 38.2. The standard InChI is InChI=1S/C15H18N2O4/c1-16(2)13(18)10-4-3-5-11(8-10)14(19)17-7-6-12(9-17)15(20)21/h3-5,8,12H,6-7,9H2,1-2H3,(H,20,21). The molecular weight excluding hydrogens is 272 g/mol. The van der Waals surface area contributed by atoms with Gasteiger partial charge in [0.1, 0.15) is 0 Å². The Morgan fingerprint density at radius 3 is 2.48 bits per heavy atom. The van der Waals surface area contributed by atoms with Crippen molar-refractivity contribution < 1.29 is 19.5 Å². The lowest BCUT2D eigenvalue weighted by molar-refractivity contribution is -0.141. The number of carbonyl (C=O) groups excluding carboxylic acids is 2. The number of likely N-dealkylation sites (tertiary alicyclic amines) is 1. The third kappa shape index (κ3) is 3.21. The third-order valence-electron chi connectivity index (χ3n) is 3.59. The molecule has 0 radical (unpaired) electrons. The van der Waals surface area contributed by atoms with Crippen LogP contribution in [0.4, 0.5) is 0 Å². The van der Waals surface area contributed by atoms with Crippen molar-refractivity contribution in [1.29, 1.82) is 0 Å². The Balaban J connectivity index is 2.15. The number of carboxylic acid groups (broad SMARTS) is 1. The van der Waals surface area contributed by atoms with Crippen LogP contribution in [0.1, 0.15) is 27.1 Å². The maximum Gasteiger partial charge on any atom is 0.308 e. The fourth-order valence-electron chi connectivity index (χ4n) is 2.37. The van der Waals surface area contributed by atoms with Gasteiger partial charge in [0.25, 0.3) is 11.8 Å². The molecule has 112 valence electrons. The highest BCUT2D eigenvalue weighted by Crippen LogP contribution is 2.19. The van der Waals surface area contributed by atoms with Crippen molar-refractivity contribution in [2.45, 2.75) is 6.42 Å². The summed E-state index contributed by atoms with van der Waals surface area (Å²) in [6.45, 7) is 0.654. The van der Waals surface area contributed by atoms with Gasteiger partial charge in [0.15, 0.2) is 0 Å². The topological polar surface area (TPSA) is 77.9 Å². The summed E-state index contributed by atoms with van der Waals surface area (Å²) in [6, 6.07) is 6.51. The van der Waals surface area contributed by atoms with Crippen LogP contribution >= 0.6 is 0 Å². The van der Waals surface area contributed by atoms with E-state index in [1.165, 1.54) is 9.80 Å². The average Bonchev–Trinajstić information content (AvgIpc) is 2.95. The molecule has 1 fully saturated rings. The molecule has 6 nitrogen and oxygen atoms in total. The normalized spacial score (nSPS) is 17.6. The first-order chi connectivity index (χ1) is 9.90. The highest BCUT2D eigenvalue weighted by molar-refractivity contribution is 5.99. The predicted octanol–water partition coefficient (Wildman–Crippen LogP) is 0.935. The molecular formula is C15H18N2O4. The molecule has 1 saturated heterocycles. The van der Waals surface area contributed by atoms with Gasteiger partial charge in [-0.15, -0.1) is 0 Å². The highest BCUT2D eigenvalue weighted by Gasteiger charge is 2.31. The molecule has 0 bridgehead atoms. The van der Waals surface area contributed by atoms with Crippen LogP contribution in [0.5, 0.6) is 0 Å². The van der Waals surface area contributed by atoms with Crippen LogP contribution in [0, 0.1) is 5.92 Å². The first kappa shape index (κ1) is 15.0. The van der Waals surface area contributed by atoms with Gasteiger partial charge in [0, 0.05) is 38.3 Å². The molecule has 1 N–H and O–H groups in total.